The Morgan fingerprint density at radius 1 is 0.938 bits per heavy atom. The SMILES string of the molecule is O=C1c2ccccc2Cc2cccc(I)c21. The molecular weight excluding hydrogens is 311 g/mol. The Kier molecular flexibility index (Phi) is 2.32. The van der Waals surface area contributed by atoms with E-state index < -0.39 is 0 Å². The molecule has 0 atom stereocenters. The molecule has 0 N–H and O–H groups in total. The van der Waals surface area contributed by atoms with Crippen molar-refractivity contribution in [3.05, 3.63) is 68.3 Å². The average molecular weight is 320 g/mol. The highest BCUT2D eigenvalue weighted by Crippen LogP contribution is 2.29. The predicted octanol–water partition coefficient (Wildman–Crippen LogP) is 3.43. The predicted molar refractivity (Wildman–Crippen MR) is 71.8 cm³/mol. The molecular formula is C14H9IO. The number of benzene rings is 2. The number of fused-ring (bicyclic) bond motifs is 2. The van der Waals surface area contributed by atoms with E-state index in [0.717, 1.165) is 32.2 Å². The summed E-state index contributed by atoms with van der Waals surface area (Å²) >= 11 is 2.24. The van der Waals surface area contributed by atoms with Crippen LogP contribution in [0.4, 0.5) is 0 Å². The van der Waals surface area contributed by atoms with E-state index in [9.17, 15) is 4.79 Å². The summed E-state index contributed by atoms with van der Waals surface area (Å²) in [5, 5.41) is 0. The van der Waals surface area contributed by atoms with Crippen molar-refractivity contribution in [3.8, 4) is 0 Å². The second-order valence-corrected chi connectivity index (χ2v) is 5.10. The van der Waals surface area contributed by atoms with Gasteiger partial charge in [-0.1, -0.05) is 36.4 Å². The van der Waals surface area contributed by atoms with E-state index in [1.807, 2.05) is 42.5 Å². The zero-order valence-electron chi connectivity index (χ0n) is 8.53. The van der Waals surface area contributed by atoms with Gasteiger partial charge in [0.15, 0.2) is 5.78 Å². The maximum atomic E-state index is 12.3. The van der Waals surface area contributed by atoms with E-state index in [2.05, 4.69) is 22.6 Å². The lowest BCUT2D eigenvalue weighted by Gasteiger charge is -2.19. The topological polar surface area (TPSA) is 17.1 Å². The fourth-order valence-corrected chi connectivity index (χ4v) is 3.01. The van der Waals surface area contributed by atoms with Gasteiger partial charge in [-0.25, -0.2) is 0 Å². The van der Waals surface area contributed by atoms with Gasteiger partial charge < -0.3 is 0 Å². The van der Waals surface area contributed by atoms with Crippen molar-refractivity contribution in [3.63, 3.8) is 0 Å². The quantitative estimate of drug-likeness (QED) is 0.580. The zero-order chi connectivity index (χ0) is 11.1. The minimum Gasteiger partial charge on any atom is -0.289 e. The van der Waals surface area contributed by atoms with Gasteiger partial charge in [-0.15, -0.1) is 0 Å². The van der Waals surface area contributed by atoms with Crippen LogP contribution in [0.2, 0.25) is 0 Å². The number of halogens is 1. The fraction of sp³-hybridized carbons (Fsp3) is 0.0714. The fourth-order valence-electron chi connectivity index (χ4n) is 2.21. The second-order valence-electron chi connectivity index (χ2n) is 3.94. The molecule has 0 unspecified atom stereocenters. The van der Waals surface area contributed by atoms with Gasteiger partial charge >= 0.3 is 0 Å². The molecule has 0 amide bonds. The van der Waals surface area contributed by atoms with Gasteiger partial charge in [-0.3, -0.25) is 4.79 Å². The molecule has 0 fully saturated rings. The van der Waals surface area contributed by atoms with E-state index in [1.165, 1.54) is 0 Å². The molecule has 0 aromatic heterocycles. The van der Waals surface area contributed by atoms with Crippen molar-refractivity contribution in [2.45, 2.75) is 6.42 Å². The number of hydrogen-bond donors (Lipinski definition) is 0. The van der Waals surface area contributed by atoms with Crippen LogP contribution in [0.3, 0.4) is 0 Å². The maximum absolute atomic E-state index is 12.3. The first kappa shape index (κ1) is 10.0. The van der Waals surface area contributed by atoms with Crippen molar-refractivity contribution in [2.24, 2.45) is 0 Å². The van der Waals surface area contributed by atoms with E-state index in [1.54, 1.807) is 0 Å². The Bertz CT molecular complexity index is 587. The van der Waals surface area contributed by atoms with Crippen LogP contribution in [0, 0.1) is 3.57 Å². The third-order valence-corrected chi connectivity index (χ3v) is 3.87. The normalized spacial score (nSPS) is 13.2. The van der Waals surface area contributed by atoms with Gasteiger partial charge in [0.2, 0.25) is 0 Å². The third kappa shape index (κ3) is 1.40. The van der Waals surface area contributed by atoms with E-state index in [-0.39, 0.29) is 5.78 Å². The summed E-state index contributed by atoms with van der Waals surface area (Å²) in [6.07, 6.45) is 0.869. The summed E-state index contributed by atoms with van der Waals surface area (Å²) < 4.78 is 1.05. The molecule has 2 aromatic rings. The minimum absolute atomic E-state index is 0.168. The molecule has 2 heteroatoms. The molecule has 3 rings (SSSR count). The van der Waals surface area contributed by atoms with Crippen LogP contribution in [-0.4, -0.2) is 5.78 Å². The largest absolute Gasteiger partial charge is 0.289 e. The Labute approximate surface area is 108 Å². The molecule has 16 heavy (non-hydrogen) atoms. The third-order valence-electron chi connectivity index (χ3n) is 2.97. The van der Waals surface area contributed by atoms with Crippen molar-refractivity contribution in [1.82, 2.24) is 0 Å². The van der Waals surface area contributed by atoms with Crippen molar-refractivity contribution < 1.29 is 4.79 Å². The standard InChI is InChI=1S/C14H9IO/c15-12-7-3-5-10-8-9-4-1-2-6-11(9)14(16)13(10)12/h1-7H,8H2. The van der Waals surface area contributed by atoms with Crippen molar-refractivity contribution in [2.75, 3.05) is 0 Å². The molecule has 1 aliphatic rings. The van der Waals surface area contributed by atoms with Crippen molar-refractivity contribution in [1.29, 1.82) is 0 Å². The molecule has 78 valence electrons. The van der Waals surface area contributed by atoms with Crippen LogP contribution in [0.25, 0.3) is 0 Å². The first-order valence-electron chi connectivity index (χ1n) is 5.17. The number of rotatable bonds is 0. The molecule has 0 spiro atoms. The van der Waals surface area contributed by atoms with Crippen LogP contribution in [0.5, 0.6) is 0 Å². The lowest BCUT2D eigenvalue weighted by molar-refractivity contribution is 0.103. The van der Waals surface area contributed by atoms with Crippen molar-refractivity contribution >= 4 is 28.4 Å². The highest BCUT2D eigenvalue weighted by atomic mass is 127. The van der Waals surface area contributed by atoms with Gasteiger partial charge in [0, 0.05) is 14.7 Å². The molecule has 1 aliphatic carbocycles. The number of hydrogen-bond acceptors (Lipinski definition) is 1. The maximum Gasteiger partial charge on any atom is 0.194 e. The lowest BCUT2D eigenvalue weighted by Crippen LogP contribution is -2.16. The molecule has 0 radical (unpaired) electrons. The number of ketones is 1. The first-order chi connectivity index (χ1) is 7.77. The second kappa shape index (κ2) is 3.70. The molecule has 0 saturated heterocycles. The highest BCUT2D eigenvalue weighted by Gasteiger charge is 2.24. The van der Waals surface area contributed by atoms with Crippen LogP contribution < -0.4 is 0 Å². The molecule has 0 heterocycles. The summed E-state index contributed by atoms with van der Waals surface area (Å²) in [6.45, 7) is 0. The number of carbonyl (C=O) groups excluding carboxylic acids is 1. The molecule has 0 aliphatic heterocycles. The van der Waals surface area contributed by atoms with Crippen LogP contribution in [0.15, 0.2) is 42.5 Å². The zero-order valence-corrected chi connectivity index (χ0v) is 10.7. The molecule has 0 saturated carbocycles. The van der Waals surface area contributed by atoms with Gasteiger partial charge in [-0.2, -0.15) is 0 Å². The number of carbonyl (C=O) groups is 1. The summed E-state index contributed by atoms with van der Waals surface area (Å²) in [4.78, 5) is 12.3. The molecule has 1 nitrogen and oxygen atoms in total. The highest BCUT2D eigenvalue weighted by molar-refractivity contribution is 14.1. The Hall–Kier alpha value is -1.16. The van der Waals surface area contributed by atoms with Gasteiger partial charge in [-0.05, 0) is 46.2 Å². The Morgan fingerprint density at radius 3 is 2.56 bits per heavy atom. The minimum atomic E-state index is 0.168. The summed E-state index contributed by atoms with van der Waals surface area (Å²) in [5.74, 6) is 0.168. The summed E-state index contributed by atoms with van der Waals surface area (Å²) in [5.41, 5.74) is 4.04. The van der Waals surface area contributed by atoms with Crippen LogP contribution in [-0.2, 0) is 6.42 Å². The van der Waals surface area contributed by atoms with Gasteiger partial charge in [0.1, 0.15) is 0 Å². The van der Waals surface area contributed by atoms with Gasteiger partial charge in [0.25, 0.3) is 0 Å². The smallest absolute Gasteiger partial charge is 0.194 e. The van der Waals surface area contributed by atoms with Gasteiger partial charge in [0.05, 0.1) is 0 Å². The summed E-state index contributed by atoms with van der Waals surface area (Å²) in [7, 11) is 0. The monoisotopic (exact) mass is 320 g/mol. The molecule has 2 aromatic carbocycles. The van der Waals surface area contributed by atoms with E-state index in [0.29, 0.717) is 0 Å². The van der Waals surface area contributed by atoms with E-state index in [4.69, 9.17) is 0 Å². The Morgan fingerprint density at radius 2 is 1.69 bits per heavy atom. The van der Waals surface area contributed by atoms with E-state index >= 15 is 0 Å². The molecule has 0 bridgehead atoms. The first-order valence-corrected chi connectivity index (χ1v) is 6.25. The average Bonchev–Trinajstić information content (AvgIpc) is 2.29. The van der Waals surface area contributed by atoms with Crippen LogP contribution >= 0.6 is 22.6 Å². The van der Waals surface area contributed by atoms with Crippen LogP contribution in [0.1, 0.15) is 27.0 Å². The lowest BCUT2D eigenvalue weighted by atomic mass is 9.85. The summed E-state index contributed by atoms with van der Waals surface area (Å²) in [6, 6.07) is 13.9. The Balaban J connectivity index is 2.27.